The number of carbonyl (C=O) groups excluding carboxylic acids is 1. The van der Waals surface area contributed by atoms with Crippen molar-refractivity contribution in [1.82, 2.24) is 15.4 Å². The molecule has 1 fully saturated rings. The Bertz CT molecular complexity index is 356. The number of nitrogens with one attached hydrogen (secondary N) is 3. The molecular formula is C10H21N3O3S. The average Bonchev–Trinajstić information content (AvgIpc) is 2.63. The van der Waals surface area contributed by atoms with Crippen molar-refractivity contribution in [3.05, 3.63) is 0 Å². The van der Waals surface area contributed by atoms with E-state index in [1.165, 1.54) is 0 Å². The van der Waals surface area contributed by atoms with Crippen LogP contribution in [0.5, 0.6) is 0 Å². The summed E-state index contributed by atoms with van der Waals surface area (Å²) in [5.41, 5.74) is 0. The van der Waals surface area contributed by atoms with Crippen molar-refractivity contribution in [2.24, 2.45) is 11.8 Å². The molecule has 2 atom stereocenters. The summed E-state index contributed by atoms with van der Waals surface area (Å²) in [4.78, 5) is 11.7. The number of hydrogen-bond acceptors (Lipinski definition) is 4. The molecule has 17 heavy (non-hydrogen) atoms. The maximum Gasteiger partial charge on any atom is 0.224 e. The van der Waals surface area contributed by atoms with Gasteiger partial charge in [0.2, 0.25) is 15.9 Å². The minimum Gasteiger partial charge on any atom is -0.355 e. The Labute approximate surface area is 103 Å². The molecule has 0 aromatic rings. The fourth-order valence-electron chi connectivity index (χ4n) is 1.89. The van der Waals surface area contributed by atoms with Gasteiger partial charge in [-0.3, -0.25) is 4.79 Å². The van der Waals surface area contributed by atoms with Gasteiger partial charge >= 0.3 is 0 Å². The highest BCUT2D eigenvalue weighted by atomic mass is 32.2. The van der Waals surface area contributed by atoms with Gasteiger partial charge in [0.05, 0.1) is 11.7 Å². The highest BCUT2D eigenvalue weighted by molar-refractivity contribution is 7.89. The van der Waals surface area contributed by atoms with Gasteiger partial charge in [-0.2, -0.15) is 0 Å². The van der Waals surface area contributed by atoms with E-state index in [-0.39, 0.29) is 24.1 Å². The Morgan fingerprint density at radius 2 is 2.12 bits per heavy atom. The van der Waals surface area contributed by atoms with Gasteiger partial charge in [-0.1, -0.05) is 13.8 Å². The van der Waals surface area contributed by atoms with Crippen LogP contribution in [0.15, 0.2) is 0 Å². The van der Waals surface area contributed by atoms with Gasteiger partial charge in [0.15, 0.2) is 0 Å². The summed E-state index contributed by atoms with van der Waals surface area (Å²) in [7, 11) is -3.24. The molecule has 100 valence electrons. The molecule has 0 radical (unpaired) electrons. The van der Waals surface area contributed by atoms with Crippen LogP contribution in [-0.2, 0) is 14.8 Å². The first-order chi connectivity index (χ1) is 7.96. The van der Waals surface area contributed by atoms with Crippen molar-refractivity contribution < 1.29 is 13.2 Å². The monoisotopic (exact) mass is 263 g/mol. The lowest BCUT2D eigenvalue weighted by Crippen LogP contribution is -2.39. The van der Waals surface area contributed by atoms with Gasteiger partial charge in [0, 0.05) is 19.6 Å². The third-order valence-corrected chi connectivity index (χ3v) is 4.36. The maximum absolute atomic E-state index is 11.7. The van der Waals surface area contributed by atoms with Gasteiger partial charge < -0.3 is 10.6 Å². The molecule has 0 aromatic carbocycles. The molecule has 0 aromatic heterocycles. The molecular weight excluding hydrogens is 242 g/mol. The number of rotatable bonds is 6. The van der Waals surface area contributed by atoms with Crippen molar-refractivity contribution in [1.29, 1.82) is 0 Å². The Hall–Kier alpha value is -0.660. The molecule has 1 saturated heterocycles. The lowest BCUT2D eigenvalue weighted by molar-refractivity contribution is -0.125. The van der Waals surface area contributed by atoms with E-state index in [1.807, 2.05) is 6.92 Å². The summed E-state index contributed by atoms with van der Waals surface area (Å²) in [5.74, 6) is 0.132. The maximum atomic E-state index is 11.7. The first-order valence-corrected chi connectivity index (χ1v) is 7.57. The number of hydrogen-bond donors (Lipinski definition) is 3. The molecule has 6 nitrogen and oxygen atoms in total. The second-order valence-electron chi connectivity index (χ2n) is 4.35. The highest BCUT2D eigenvalue weighted by Gasteiger charge is 2.29. The number of amides is 1. The third kappa shape index (κ3) is 4.61. The molecule has 0 spiro atoms. The molecule has 1 aliphatic rings. The first-order valence-electron chi connectivity index (χ1n) is 5.92. The molecule has 0 saturated carbocycles. The van der Waals surface area contributed by atoms with E-state index < -0.39 is 10.0 Å². The van der Waals surface area contributed by atoms with Crippen LogP contribution in [0.2, 0.25) is 0 Å². The van der Waals surface area contributed by atoms with E-state index in [9.17, 15) is 13.2 Å². The molecule has 7 heteroatoms. The van der Waals surface area contributed by atoms with Gasteiger partial charge in [-0.25, -0.2) is 13.1 Å². The second kappa shape index (κ2) is 6.32. The van der Waals surface area contributed by atoms with Gasteiger partial charge in [-0.15, -0.1) is 0 Å². The van der Waals surface area contributed by atoms with Gasteiger partial charge in [0.25, 0.3) is 0 Å². The predicted molar refractivity (Wildman–Crippen MR) is 66.0 cm³/mol. The van der Waals surface area contributed by atoms with Crippen molar-refractivity contribution in [2.45, 2.75) is 13.8 Å². The zero-order valence-electron chi connectivity index (χ0n) is 10.3. The van der Waals surface area contributed by atoms with Crippen molar-refractivity contribution in [3.63, 3.8) is 0 Å². The summed E-state index contributed by atoms with van der Waals surface area (Å²) in [6.45, 7) is 5.79. The van der Waals surface area contributed by atoms with E-state index in [0.29, 0.717) is 19.0 Å². The Balaban J connectivity index is 2.29. The third-order valence-electron chi connectivity index (χ3n) is 2.89. The van der Waals surface area contributed by atoms with Crippen LogP contribution >= 0.6 is 0 Å². The van der Waals surface area contributed by atoms with Crippen LogP contribution in [0.1, 0.15) is 13.8 Å². The van der Waals surface area contributed by atoms with E-state index >= 15 is 0 Å². The second-order valence-corrected chi connectivity index (χ2v) is 6.28. The molecule has 1 heterocycles. The lowest BCUT2D eigenvalue weighted by Gasteiger charge is -2.14. The van der Waals surface area contributed by atoms with E-state index in [2.05, 4.69) is 15.4 Å². The highest BCUT2D eigenvalue weighted by Crippen LogP contribution is 2.15. The molecule has 0 aliphatic carbocycles. The van der Waals surface area contributed by atoms with Gasteiger partial charge in [0.1, 0.15) is 0 Å². The Kier molecular flexibility index (Phi) is 5.35. The summed E-state index contributed by atoms with van der Waals surface area (Å²) in [6, 6.07) is 0. The molecule has 2 unspecified atom stereocenters. The SMILES string of the molecule is CCNS(=O)(=O)CCNC(=O)C1CNCC1C. The summed E-state index contributed by atoms with van der Waals surface area (Å²) in [5, 5.41) is 5.81. The van der Waals surface area contributed by atoms with E-state index in [4.69, 9.17) is 0 Å². The van der Waals surface area contributed by atoms with Crippen molar-refractivity contribution in [2.75, 3.05) is 31.9 Å². The van der Waals surface area contributed by atoms with Crippen molar-refractivity contribution >= 4 is 15.9 Å². The lowest BCUT2D eigenvalue weighted by atomic mass is 9.97. The molecule has 1 amide bonds. The van der Waals surface area contributed by atoms with Crippen LogP contribution < -0.4 is 15.4 Å². The fourth-order valence-corrected chi connectivity index (χ4v) is 2.85. The average molecular weight is 263 g/mol. The van der Waals surface area contributed by atoms with Crippen molar-refractivity contribution in [3.8, 4) is 0 Å². The first kappa shape index (κ1) is 14.4. The molecule has 0 bridgehead atoms. The molecule has 1 aliphatic heterocycles. The minimum absolute atomic E-state index is 0.0446. The summed E-state index contributed by atoms with van der Waals surface area (Å²) >= 11 is 0. The summed E-state index contributed by atoms with van der Waals surface area (Å²) < 4.78 is 25.0. The zero-order valence-corrected chi connectivity index (χ0v) is 11.1. The fraction of sp³-hybridized carbons (Fsp3) is 0.900. The standard InChI is InChI=1S/C10H21N3O3S/c1-3-13-17(15,16)5-4-12-10(14)9-7-11-6-8(9)2/h8-9,11,13H,3-7H2,1-2H3,(H,12,14). The van der Waals surface area contributed by atoms with Crippen LogP contribution in [0.4, 0.5) is 0 Å². The Morgan fingerprint density at radius 1 is 1.41 bits per heavy atom. The van der Waals surface area contributed by atoms with Crippen LogP contribution in [0.25, 0.3) is 0 Å². The topological polar surface area (TPSA) is 87.3 Å². The van der Waals surface area contributed by atoms with E-state index in [1.54, 1.807) is 6.92 Å². The summed E-state index contributed by atoms with van der Waals surface area (Å²) in [6.07, 6.45) is 0. The number of carbonyl (C=O) groups is 1. The van der Waals surface area contributed by atoms with Crippen LogP contribution in [-0.4, -0.2) is 46.3 Å². The zero-order chi connectivity index (χ0) is 12.9. The van der Waals surface area contributed by atoms with E-state index in [0.717, 1.165) is 6.54 Å². The quantitative estimate of drug-likeness (QED) is 0.567. The smallest absolute Gasteiger partial charge is 0.224 e. The normalized spacial score (nSPS) is 24.8. The van der Waals surface area contributed by atoms with Crippen LogP contribution in [0, 0.1) is 11.8 Å². The van der Waals surface area contributed by atoms with Gasteiger partial charge in [-0.05, 0) is 12.5 Å². The predicted octanol–water partition coefficient (Wildman–Crippen LogP) is -1.10. The van der Waals surface area contributed by atoms with Crippen LogP contribution in [0.3, 0.4) is 0 Å². The molecule has 1 rings (SSSR count). The molecule has 3 N–H and O–H groups in total. The Morgan fingerprint density at radius 3 is 2.65 bits per heavy atom. The minimum atomic E-state index is -3.24. The number of sulfonamides is 1. The largest absolute Gasteiger partial charge is 0.355 e.